The molecule has 0 fully saturated rings. The molecule has 0 radical (unpaired) electrons. The highest BCUT2D eigenvalue weighted by Crippen LogP contribution is 2.34. The van der Waals surface area contributed by atoms with E-state index in [-0.39, 0.29) is 12.8 Å². The number of benzene rings is 2. The fourth-order valence-electron chi connectivity index (χ4n) is 2.93. The maximum atomic E-state index is 12.7. The van der Waals surface area contributed by atoms with Crippen molar-refractivity contribution in [3.05, 3.63) is 53.6 Å². The molecule has 2 aromatic carbocycles. The second kappa shape index (κ2) is 7.50. The molecule has 0 aromatic heterocycles. The summed E-state index contributed by atoms with van der Waals surface area (Å²) in [6, 6.07) is 12.9. The monoisotopic (exact) mass is 390 g/mol. The van der Waals surface area contributed by atoms with Crippen molar-refractivity contribution in [1.29, 1.82) is 0 Å². The van der Waals surface area contributed by atoms with Crippen LogP contribution in [0.2, 0.25) is 0 Å². The van der Waals surface area contributed by atoms with E-state index < -0.39 is 15.6 Å². The zero-order valence-electron chi connectivity index (χ0n) is 16.1. The third-order valence-electron chi connectivity index (χ3n) is 4.20. The van der Waals surface area contributed by atoms with Gasteiger partial charge in [0.2, 0.25) is 16.8 Å². The molecule has 0 spiro atoms. The lowest BCUT2D eigenvalue weighted by molar-refractivity contribution is 0.174. The molecule has 146 valence electrons. The summed E-state index contributed by atoms with van der Waals surface area (Å²) in [6.07, 6.45) is 0. The fourth-order valence-corrected chi connectivity index (χ4v) is 4.59. The molecule has 1 aliphatic heterocycles. The van der Waals surface area contributed by atoms with Gasteiger partial charge in [-0.3, -0.25) is 0 Å². The molecule has 0 amide bonds. The standard InChI is InChI=1S/C20H26N2O4S/c1-14(15-9-10-17-18(11-15)26-13-25-17)21-12-16-7-5-6-8-19(16)27(23,24)22-20(2,3)4/h5-11,14,21-22H,12-13H2,1-4H3. The number of nitrogens with one attached hydrogen (secondary N) is 2. The molecule has 1 atom stereocenters. The minimum absolute atomic E-state index is 0.0193. The van der Waals surface area contributed by atoms with Gasteiger partial charge in [-0.1, -0.05) is 24.3 Å². The average Bonchev–Trinajstić information content (AvgIpc) is 3.05. The molecule has 27 heavy (non-hydrogen) atoms. The third-order valence-corrected chi connectivity index (χ3v) is 6.06. The lowest BCUT2D eigenvalue weighted by Gasteiger charge is -2.22. The van der Waals surface area contributed by atoms with Crippen LogP contribution in [0.15, 0.2) is 47.4 Å². The maximum Gasteiger partial charge on any atom is 0.241 e. The second-order valence-electron chi connectivity index (χ2n) is 7.68. The number of sulfonamides is 1. The van der Waals surface area contributed by atoms with Gasteiger partial charge in [0.05, 0.1) is 4.90 Å². The average molecular weight is 391 g/mol. The topological polar surface area (TPSA) is 76.7 Å². The van der Waals surface area contributed by atoms with Crippen LogP contribution in [0, 0.1) is 0 Å². The van der Waals surface area contributed by atoms with E-state index in [2.05, 4.69) is 10.0 Å². The summed E-state index contributed by atoms with van der Waals surface area (Å²) in [4.78, 5) is 0.297. The minimum Gasteiger partial charge on any atom is -0.454 e. The minimum atomic E-state index is -3.60. The quantitative estimate of drug-likeness (QED) is 0.791. The SMILES string of the molecule is CC(NCc1ccccc1S(=O)(=O)NC(C)(C)C)c1ccc2c(c1)OCO2. The first-order valence-electron chi connectivity index (χ1n) is 8.90. The van der Waals surface area contributed by atoms with E-state index >= 15 is 0 Å². The molecule has 0 bridgehead atoms. The van der Waals surface area contributed by atoms with Crippen molar-refractivity contribution in [3.8, 4) is 11.5 Å². The molecule has 0 saturated heterocycles. The van der Waals surface area contributed by atoms with Gasteiger partial charge in [0.15, 0.2) is 11.5 Å². The van der Waals surface area contributed by atoms with Crippen molar-refractivity contribution in [1.82, 2.24) is 10.0 Å². The molecule has 1 unspecified atom stereocenters. The first-order chi connectivity index (χ1) is 12.7. The lowest BCUT2D eigenvalue weighted by Crippen LogP contribution is -2.41. The Kier molecular flexibility index (Phi) is 5.46. The summed E-state index contributed by atoms with van der Waals surface area (Å²) >= 11 is 0. The van der Waals surface area contributed by atoms with Gasteiger partial charge >= 0.3 is 0 Å². The van der Waals surface area contributed by atoms with Gasteiger partial charge in [-0.15, -0.1) is 0 Å². The maximum absolute atomic E-state index is 12.7. The van der Waals surface area contributed by atoms with Gasteiger partial charge in [0.25, 0.3) is 0 Å². The number of fused-ring (bicyclic) bond motifs is 1. The summed E-state index contributed by atoms with van der Waals surface area (Å²) in [5.41, 5.74) is 1.23. The molecule has 1 heterocycles. The summed E-state index contributed by atoms with van der Waals surface area (Å²) in [5, 5.41) is 3.39. The number of ether oxygens (including phenoxy) is 2. The van der Waals surface area contributed by atoms with Crippen LogP contribution in [0.5, 0.6) is 11.5 Å². The summed E-state index contributed by atoms with van der Waals surface area (Å²) < 4.78 is 39.0. The van der Waals surface area contributed by atoms with Crippen LogP contribution < -0.4 is 19.5 Å². The van der Waals surface area contributed by atoms with Crippen LogP contribution in [0.3, 0.4) is 0 Å². The Labute approximate surface area is 160 Å². The molecular weight excluding hydrogens is 364 g/mol. The summed E-state index contributed by atoms with van der Waals surface area (Å²) in [5.74, 6) is 1.48. The third kappa shape index (κ3) is 4.80. The van der Waals surface area contributed by atoms with E-state index in [1.165, 1.54) is 0 Å². The highest BCUT2D eigenvalue weighted by molar-refractivity contribution is 7.89. The Balaban J connectivity index is 1.75. The molecule has 7 heteroatoms. The van der Waals surface area contributed by atoms with Gasteiger partial charge < -0.3 is 14.8 Å². The molecule has 3 rings (SSSR count). The van der Waals surface area contributed by atoms with Crippen molar-refractivity contribution in [3.63, 3.8) is 0 Å². The van der Waals surface area contributed by atoms with Gasteiger partial charge in [-0.25, -0.2) is 13.1 Å². The molecule has 2 N–H and O–H groups in total. The van der Waals surface area contributed by atoms with Crippen molar-refractivity contribution in [2.45, 2.75) is 50.7 Å². The van der Waals surface area contributed by atoms with Crippen LogP contribution in [0.4, 0.5) is 0 Å². The van der Waals surface area contributed by atoms with Crippen LogP contribution in [-0.2, 0) is 16.6 Å². The van der Waals surface area contributed by atoms with Crippen molar-refractivity contribution < 1.29 is 17.9 Å². The zero-order chi connectivity index (χ0) is 19.7. The highest BCUT2D eigenvalue weighted by Gasteiger charge is 2.24. The van der Waals surface area contributed by atoms with Crippen molar-refractivity contribution in [2.24, 2.45) is 0 Å². The molecule has 2 aromatic rings. The van der Waals surface area contributed by atoms with Gasteiger partial charge in [-0.2, -0.15) is 0 Å². The molecule has 0 saturated carbocycles. The van der Waals surface area contributed by atoms with Gasteiger partial charge in [0, 0.05) is 18.1 Å². The van der Waals surface area contributed by atoms with E-state index in [1.54, 1.807) is 12.1 Å². The number of rotatable bonds is 6. The van der Waals surface area contributed by atoms with E-state index in [1.807, 2.05) is 58.0 Å². The van der Waals surface area contributed by atoms with Crippen LogP contribution in [-0.4, -0.2) is 20.7 Å². The fraction of sp³-hybridized carbons (Fsp3) is 0.400. The van der Waals surface area contributed by atoms with Gasteiger partial charge in [-0.05, 0) is 57.0 Å². The predicted molar refractivity (Wildman–Crippen MR) is 104 cm³/mol. The highest BCUT2D eigenvalue weighted by atomic mass is 32.2. The van der Waals surface area contributed by atoms with Crippen LogP contribution >= 0.6 is 0 Å². The van der Waals surface area contributed by atoms with E-state index in [0.29, 0.717) is 11.4 Å². The largest absolute Gasteiger partial charge is 0.454 e. The Morgan fingerprint density at radius 3 is 2.52 bits per heavy atom. The molecule has 6 nitrogen and oxygen atoms in total. The normalized spacial score (nSPS) is 15.0. The Morgan fingerprint density at radius 2 is 1.78 bits per heavy atom. The molecule has 0 aliphatic carbocycles. The smallest absolute Gasteiger partial charge is 0.241 e. The van der Waals surface area contributed by atoms with E-state index in [9.17, 15) is 8.42 Å². The van der Waals surface area contributed by atoms with Crippen LogP contribution in [0.1, 0.15) is 44.9 Å². The first kappa shape index (κ1) is 19.7. The number of hydrogen-bond acceptors (Lipinski definition) is 5. The second-order valence-corrected chi connectivity index (χ2v) is 9.33. The molecular formula is C20H26N2O4S. The lowest BCUT2D eigenvalue weighted by atomic mass is 10.1. The van der Waals surface area contributed by atoms with Crippen molar-refractivity contribution in [2.75, 3.05) is 6.79 Å². The van der Waals surface area contributed by atoms with E-state index in [4.69, 9.17) is 9.47 Å². The first-order valence-corrected chi connectivity index (χ1v) is 10.4. The van der Waals surface area contributed by atoms with Crippen LogP contribution in [0.25, 0.3) is 0 Å². The number of hydrogen-bond donors (Lipinski definition) is 2. The predicted octanol–water partition coefficient (Wildman–Crippen LogP) is 3.34. The Hall–Kier alpha value is -2.09. The van der Waals surface area contributed by atoms with E-state index in [0.717, 1.165) is 22.6 Å². The van der Waals surface area contributed by atoms with Crippen molar-refractivity contribution >= 4 is 10.0 Å². The zero-order valence-corrected chi connectivity index (χ0v) is 16.9. The Morgan fingerprint density at radius 1 is 1.07 bits per heavy atom. The molecule has 1 aliphatic rings. The summed E-state index contributed by atoms with van der Waals surface area (Å²) in [7, 11) is -3.60. The summed E-state index contributed by atoms with van der Waals surface area (Å²) in [6.45, 7) is 8.18. The van der Waals surface area contributed by atoms with Gasteiger partial charge in [0.1, 0.15) is 0 Å². The Bertz CT molecular complexity index is 920.